The van der Waals surface area contributed by atoms with Crippen molar-refractivity contribution in [3.63, 3.8) is 0 Å². The second kappa shape index (κ2) is 11.5. The van der Waals surface area contributed by atoms with Crippen LogP contribution in [0.25, 0.3) is 6.08 Å². The van der Waals surface area contributed by atoms with Crippen molar-refractivity contribution in [1.82, 2.24) is 5.32 Å². The van der Waals surface area contributed by atoms with Gasteiger partial charge < -0.3 is 26.9 Å². The highest BCUT2D eigenvalue weighted by Gasteiger charge is 2.23. The molecule has 3 rings (SSSR count). The van der Waals surface area contributed by atoms with Gasteiger partial charge in [-0.05, 0) is 34.9 Å². The summed E-state index contributed by atoms with van der Waals surface area (Å²) in [6.45, 7) is 0.293. The summed E-state index contributed by atoms with van der Waals surface area (Å²) in [6.07, 6.45) is 3.36. The van der Waals surface area contributed by atoms with Crippen molar-refractivity contribution in [2.24, 2.45) is 10.9 Å². The highest BCUT2D eigenvalue weighted by atomic mass is 16.5. The lowest BCUT2D eigenvalue weighted by Gasteiger charge is -2.19. The summed E-state index contributed by atoms with van der Waals surface area (Å²) in [7, 11) is 1.42. The number of carbonyl (C=O) groups is 1. The van der Waals surface area contributed by atoms with E-state index in [0.717, 1.165) is 16.7 Å². The Balaban J connectivity index is 1.91. The van der Waals surface area contributed by atoms with E-state index in [-0.39, 0.29) is 23.6 Å². The third-order valence-electron chi connectivity index (χ3n) is 5.30. The average molecular weight is 458 g/mol. The van der Waals surface area contributed by atoms with Crippen LogP contribution in [-0.4, -0.2) is 25.3 Å². The van der Waals surface area contributed by atoms with Gasteiger partial charge in [0.15, 0.2) is 0 Å². The largest absolute Gasteiger partial charge is 0.495 e. The van der Waals surface area contributed by atoms with E-state index in [0.29, 0.717) is 17.8 Å². The fourth-order valence-corrected chi connectivity index (χ4v) is 3.58. The second-order valence-corrected chi connectivity index (χ2v) is 7.56. The number of nitrogens with two attached hydrogens (primary N) is 2. The minimum Gasteiger partial charge on any atom is -0.495 e. The van der Waals surface area contributed by atoms with Gasteiger partial charge in [-0.2, -0.15) is 4.91 Å². The maximum Gasteiger partial charge on any atom is 0.255 e. The lowest BCUT2D eigenvalue weighted by molar-refractivity contribution is 0.0935. The minimum atomic E-state index is -0.605. The highest BCUT2D eigenvalue weighted by molar-refractivity contribution is 6.15. The van der Waals surface area contributed by atoms with Crippen LogP contribution in [0.3, 0.4) is 0 Å². The molecule has 0 heterocycles. The summed E-state index contributed by atoms with van der Waals surface area (Å²) in [5, 5.41) is 14.4. The molecule has 6 N–H and O–H groups in total. The molecule has 3 aromatic rings. The smallest absolute Gasteiger partial charge is 0.255 e. The van der Waals surface area contributed by atoms with E-state index in [9.17, 15) is 9.70 Å². The minimum absolute atomic E-state index is 0.0799. The summed E-state index contributed by atoms with van der Waals surface area (Å²) in [4.78, 5) is 24.1. The summed E-state index contributed by atoms with van der Waals surface area (Å²) in [5.74, 6) is -0.295. The van der Waals surface area contributed by atoms with E-state index in [1.165, 1.54) is 13.2 Å². The maximum atomic E-state index is 13.1. The van der Waals surface area contributed by atoms with Crippen LogP contribution >= 0.6 is 0 Å². The van der Waals surface area contributed by atoms with Gasteiger partial charge in [-0.3, -0.25) is 4.79 Å². The fourth-order valence-electron chi connectivity index (χ4n) is 3.58. The lowest BCUT2D eigenvalue weighted by atomic mass is 9.99. The second-order valence-electron chi connectivity index (χ2n) is 7.56. The molecule has 0 aliphatic carbocycles. The van der Waals surface area contributed by atoms with Crippen LogP contribution in [0.1, 0.15) is 38.7 Å². The zero-order chi connectivity index (χ0) is 24.5. The molecule has 0 aliphatic heterocycles. The van der Waals surface area contributed by atoms with Gasteiger partial charge in [-0.25, -0.2) is 0 Å². The van der Waals surface area contributed by atoms with Crippen LogP contribution in [-0.2, 0) is 6.54 Å². The molecule has 0 aromatic heterocycles. The molecule has 0 saturated heterocycles. The van der Waals surface area contributed by atoms with Crippen LogP contribution < -0.4 is 21.5 Å². The van der Waals surface area contributed by atoms with Gasteiger partial charge in [-0.1, -0.05) is 65.9 Å². The Labute approximate surface area is 198 Å². The molecule has 8 nitrogen and oxygen atoms in total. The number of ether oxygens (including phenoxy) is 1. The number of nitrogens with zero attached hydrogens (tertiary/aromatic N) is 1. The molecule has 0 bridgehead atoms. The number of hydrogen-bond acceptors (Lipinski definition) is 7. The Morgan fingerprint density at radius 1 is 1.15 bits per heavy atom. The number of nitroso groups, excluding NO2 is 1. The number of benzene rings is 3. The van der Waals surface area contributed by atoms with Gasteiger partial charge in [-0.15, -0.1) is 0 Å². The van der Waals surface area contributed by atoms with Crippen LogP contribution in [0.4, 0.5) is 5.69 Å². The average Bonchev–Trinajstić information content (AvgIpc) is 2.87. The third-order valence-corrected chi connectivity index (χ3v) is 5.30. The van der Waals surface area contributed by atoms with Crippen LogP contribution in [0, 0.1) is 10.3 Å². The number of amides is 1. The normalized spacial score (nSPS) is 11.7. The van der Waals surface area contributed by atoms with E-state index < -0.39 is 11.9 Å². The molecule has 0 aliphatic rings. The molecule has 0 saturated carbocycles. The maximum absolute atomic E-state index is 13.1. The topological polar surface area (TPSA) is 144 Å². The monoisotopic (exact) mass is 457 g/mol. The molecular weight excluding hydrogens is 430 g/mol. The van der Waals surface area contributed by atoms with Crippen molar-refractivity contribution in [3.05, 3.63) is 106 Å². The van der Waals surface area contributed by atoms with E-state index >= 15 is 0 Å². The van der Waals surface area contributed by atoms with Crippen molar-refractivity contribution < 1.29 is 9.53 Å². The first-order valence-corrected chi connectivity index (χ1v) is 10.7. The molecule has 174 valence electrons. The van der Waals surface area contributed by atoms with Crippen molar-refractivity contribution in [2.75, 3.05) is 19.4 Å². The van der Waals surface area contributed by atoms with Gasteiger partial charge in [0.2, 0.25) is 0 Å². The molecule has 1 amide bonds. The Kier molecular flexibility index (Phi) is 8.26. The molecule has 34 heavy (non-hydrogen) atoms. The number of anilines is 1. The number of hydrogen-bond donors (Lipinski definition) is 4. The number of nitrogens with one attached hydrogen (secondary N) is 2. The Morgan fingerprint density at radius 3 is 2.59 bits per heavy atom. The van der Waals surface area contributed by atoms with Crippen molar-refractivity contribution in [3.8, 4) is 5.75 Å². The van der Waals surface area contributed by atoms with Gasteiger partial charge in [0.1, 0.15) is 12.3 Å². The highest BCUT2D eigenvalue weighted by Crippen LogP contribution is 2.30. The number of nitrogen functional groups attached to an aromatic ring is 1. The number of carbonyl (C=O) groups excluding carboxylic acids is 1. The SMILES string of the molecule is COc1c(C(=O)N[C@H](CN=O)c2ccccc2)ccc(N)c1C(=N)/C=C/c1cccc(CN)c1. The van der Waals surface area contributed by atoms with Gasteiger partial charge in [0, 0.05) is 12.2 Å². The van der Waals surface area contributed by atoms with Crippen LogP contribution in [0.15, 0.2) is 78.0 Å². The molecule has 3 aromatic carbocycles. The first kappa shape index (κ1) is 24.3. The summed E-state index contributed by atoms with van der Waals surface area (Å²) < 4.78 is 5.52. The molecule has 0 radical (unpaired) electrons. The predicted octanol–water partition coefficient (Wildman–Crippen LogP) is 4.05. The lowest BCUT2D eigenvalue weighted by Crippen LogP contribution is -2.31. The van der Waals surface area contributed by atoms with E-state index in [1.54, 1.807) is 18.2 Å². The molecule has 8 heteroatoms. The molecule has 0 unspecified atom stereocenters. The van der Waals surface area contributed by atoms with Gasteiger partial charge >= 0.3 is 0 Å². The Morgan fingerprint density at radius 2 is 1.91 bits per heavy atom. The standard InChI is InChI=1S/C26H27N5O3/c1-34-25-20(26(32)31-23(16-30-33)19-8-3-2-4-9-19)11-13-22(29)24(25)21(28)12-10-17-6-5-7-18(14-17)15-27/h2-14,23,28H,15-16,27,29H2,1H3,(H,31,32)/b12-10+,28-21?/t23-/m1/s1. The number of allylic oxidation sites excluding steroid dienone is 1. The number of rotatable bonds is 10. The molecular formula is C26H27N5O3. The van der Waals surface area contributed by atoms with Crippen molar-refractivity contribution in [1.29, 1.82) is 5.41 Å². The molecule has 1 atom stereocenters. The van der Waals surface area contributed by atoms with Crippen molar-refractivity contribution >= 4 is 23.4 Å². The summed E-state index contributed by atoms with van der Waals surface area (Å²) >= 11 is 0. The quantitative estimate of drug-likeness (QED) is 0.206. The van der Waals surface area contributed by atoms with Crippen LogP contribution in [0.5, 0.6) is 5.75 Å². The molecule has 0 spiro atoms. The van der Waals surface area contributed by atoms with E-state index in [4.69, 9.17) is 21.6 Å². The van der Waals surface area contributed by atoms with E-state index in [2.05, 4.69) is 10.5 Å². The van der Waals surface area contributed by atoms with Crippen LogP contribution in [0.2, 0.25) is 0 Å². The zero-order valence-electron chi connectivity index (χ0n) is 18.8. The Bertz CT molecular complexity index is 1210. The third kappa shape index (κ3) is 5.73. The van der Waals surface area contributed by atoms with Gasteiger partial charge in [0.25, 0.3) is 5.91 Å². The van der Waals surface area contributed by atoms with Crippen molar-refractivity contribution in [2.45, 2.75) is 12.6 Å². The fraction of sp³-hybridized carbons (Fsp3) is 0.154. The first-order chi connectivity index (χ1) is 16.5. The van der Waals surface area contributed by atoms with Gasteiger partial charge in [0.05, 0.1) is 30.0 Å². The number of methoxy groups -OCH3 is 1. The summed E-state index contributed by atoms with van der Waals surface area (Å²) in [6, 6.07) is 19.2. The first-order valence-electron chi connectivity index (χ1n) is 10.7. The summed E-state index contributed by atoms with van der Waals surface area (Å²) in [5.41, 5.74) is 15.3. The Hall–Kier alpha value is -4.30. The predicted molar refractivity (Wildman–Crippen MR) is 135 cm³/mol. The molecule has 0 fully saturated rings. The zero-order valence-corrected chi connectivity index (χ0v) is 18.8. The van der Waals surface area contributed by atoms with E-state index in [1.807, 2.05) is 54.6 Å².